The summed E-state index contributed by atoms with van der Waals surface area (Å²) in [5.74, 6) is -4.77. The lowest BCUT2D eigenvalue weighted by Crippen LogP contribution is -2.27. The first kappa shape index (κ1) is 19.5. The normalized spacial score (nSPS) is 15.5. The van der Waals surface area contributed by atoms with E-state index in [-0.39, 0.29) is 29.7 Å². The lowest BCUT2D eigenvalue weighted by molar-refractivity contribution is 0.0758. The molecule has 1 aromatic carbocycles. The number of hydrogen-bond acceptors (Lipinski definition) is 4. The van der Waals surface area contributed by atoms with Crippen LogP contribution in [-0.4, -0.2) is 31.9 Å². The number of pyridine rings is 1. The molecule has 1 saturated carbocycles. The molecule has 1 aliphatic carbocycles. The smallest absolute Gasteiger partial charge is 0.291 e. The van der Waals surface area contributed by atoms with Gasteiger partial charge in [0.15, 0.2) is 17.4 Å². The number of hydrogen-bond donors (Lipinski definition) is 0. The van der Waals surface area contributed by atoms with Crippen LogP contribution in [0, 0.1) is 36.1 Å². The molecule has 6 nitrogen and oxygen atoms in total. The highest BCUT2D eigenvalue weighted by Gasteiger charge is 2.36. The summed E-state index contributed by atoms with van der Waals surface area (Å²) in [5, 5.41) is 0. The molecule has 1 aliphatic heterocycles. The van der Waals surface area contributed by atoms with Crippen LogP contribution in [-0.2, 0) is 6.67 Å². The van der Waals surface area contributed by atoms with Crippen LogP contribution in [0.3, 0.4) is 0 Å². The minimum absolute atomic E-state index is 0.102. The highest BCUT2D eigenvalue weighted by atomic mass is 19.1. The van der Waals surface area contributed by atoms with Crippen LogP contribution in [0.5, 0.6) is 11.6 Å². The van der Waals surface area contributed by atoms with E-state index in [0.29, 0.717) is 30.4 Å². The lowest BCUT2D eigenvalue weighted by Gasteiger charge is -2.16. The Balaban J connectivity index is 1.49. The van der Waals surface area contributed by atoms with Gasteiger partial charge in [-0.05, 0) is 31.7 Å². The van der Waals surface area contributed by atoms with E-state index >= 15 is 0 Å². The van der Waals surface area contributed by atoms with Crippen LogP contribution in [0.25, 0.3) is 11.3 Å². The summed E-state index contributed by atoms with van der Waals surface area (Å²) in [5.41, 5.74) is 0.568. The number of halogens is 4. The summed E-state index contributed by atoms with van der Waals surface area (Å²) in [4.78, 5) is 21.9. The Morgan fingerprint density at radius 2 is 1.87 bits per heavy atom. The zero-order valence-electron chi connectivity index (χ0n) is 16.3. The summed E-state index contributed by atoms with van der Waals surface area (Å²) in [6.07, 6.45) is 2.84. The molecule has 0 saturated heterocycles. The predicted octanol–water partition coefficient (Wildman–Crippen LogP) is 4.43. The molecule has 2 aromatic heterocycles. The van der Waals surface area contributed by atoms with Crippen molar-refractivity contribution in [1.29, 1.82) is 0 Å². The number of ether oxygens (including phenoxy) is 1. The first-order chi connectivity index (χ1) is 14.8. The molecule has 160 valence electrons. The van der Waals surface area contributed by atoms with E-state index in [2.05, 4.69) is 9.97 Å². The maximum absolute atomic E-state index is 15.0. The van der Waals surface area contributed by atoms with Gasteiger partial charge in [-0.2, -0.15) is 0 Å². The fourth-order valence-corrected chi connectivity index (χ4v) is 3.71. The zero-order valence-corrected chi connectivity index (χ0v) is 16.3. The maximum Gasteiger partial charge on any atom is 0.291 e. The molecule has 0 N–H and O–H groups in total. The van der Waals surface area contributed by atoms with Crippen LogP contribution in [0.1, 0.15) is 29.2 Å². The van der Waals surface area contributed by atoms with Gasteiger partial charge in [0.25, 0.3) is 11.8 Å². The summed E-state index contributed by atoms with van der Waals surface area (Å²) < 4.78 is 63.0. The molecule has 31 heavy (non-hydrogen) atoms. The summed E-state index contributed by atoms with van der Waals surface area (Å²) >= 11 is 0. The third-order valence-electron chi connectivity index (χ3n) is 5.37. The minimum Gasteiger partial charge on any atom is -0.433 e. The Morgan fingerprint density at radius 3 is 2.58 bits per heavy atom. The molecule has 1 fully saturated rings. The number of aryl methyl sites for hydroxylation is 1. The Bertz CT molecular complexity index is 1220. The summed E-state index contributed by atoms with van der Waals surface area (Å²) in [6, 6.07) is 2.18. The van der Waals surface area contributed by atoms with Gasteiger partial charge < -0.3 is 14.2 Å². The number of carbonyl (C=O) groups excluding carboxylic acids is 1. The molecule has 1 amide bonds. The van der Waals surface area contributed by atoms with E-state index in [1.54, 1.807) is 16.4 Å². The first-order valence-electron chi connectivity index (χ1n) is 9.66. The maximum atomic E-state index is 15.0. The Kier molecular flexibility index (Phi) is 4.45. The largest absolute Gasteiger partial charge is 0.433 e. The van der Waals surface area contributed by atoms with Crippen molar-refractivity contribution in [3.63, 3.8) is 0 Å². The average molecular weight is 432 g/mol. The van der Waals surface area contributed by atoms with Gasteiger partial charge in [-0.15, -0.1) is 0 Å². The number of nitrogens with zero attached hydrogens (tertiary/aromatic N) is 4. The second kappa shape index (κ2) is 7.07. The second-order valence-electron chi connectivity index (χ2n) is 7.71. The van der Waals surface area contributed by atoms with Gasteiger partial charge >= 0.3 is 0 Å². The van der Waals surface area contributed by atoms with E-state index < -0.39 is 34.9 Å². The number of benzene rings is 1. The van der Waals surface area contributed by atoms with Crippen LogP contribution in [0.4, 0.5) is 17.6 Å². The van der Waals surface area contributed by atoms with Crippen LogP contribution >= 0.6 is 0 Å². The van der Waals surface area contributed by atoms with Gasteiger partial charge in [0.05, 0.1) is 24.3 Å². The fraction of sp³-hybridized carbons (Fsp3) is 0.286. The molecule has 5 rings (SSSR count). The number of carbonyl (C=O) groups is 1. The number of amides is 1. The van der Waals surface area contributed by atoms with Crippen molar-refractivity contribution in [2.45, 2.75) is 26.4 Å². The SMILES string of the molecule is Cc1nc2n(c1-c1cc(F)c(Oc3ncc(F)cc3F)cc1F)CN(CC1CC1)C2=O. The Labute approximate surface area is 174 Å². The quantitative estimate of drug-likeness (QED) is 0.560. The third kappa shape index (κ3) is 3.41. The number of aromatic nitrogens is 3. The fourth-order valence-electron chi connectivity index (χ4n) is 3.71. The third-order valence-corrected chi connectivity index (χ3v) is 5.37. The molecule has 3 aromatic rings. The molecule has 10 heteroatoms. The van der Waals surface area contributed by atoms with Crippen molar-refractivity contribution in [3.8, 4) is 22.9 Å². The number of imidazole rings is 1. The predicted molar refractivity (Wildman–Crippen MR) is 100 cm³/mol. The molecule has 0 unspecified atom stereocenters. The zero-order chi connectivity index (χ0) is 21.9. The van der Waals surface area contributed by atoms with Gasteiger partial charge in [-0.25, -0.2) is 27.5 Å². The molecule has 0 atom stereocenters. The van der Waals surface area contributed by atoms with Crippen LogP contribution in [0.2, 0.25) is 0 Å². The second-order valence-corrected chi connectivity index (χ2v) is 7.71. The highest BCUT2D eigenvalue weighted by molar-refractivity contribution is 5.94. The molecule has 2 aliphatic rings. The Hall–Kier alpha value is -3.43. The Morgan fingerprint density at radius 1 is 1.10 bits per heavy atom. The van der Waals surface area contributed by atoms with Crippen LogP contribution in [0.15, 0.2) is 24.4 Å². The van der Waals surface area contributed by atoms with E-state index in [4.69, 9.17) is 4.74 Å². The van der Waals surface area contributed by atoms with E-state index in [1.165, 1.54) is 0 Å². The molecular weight excluding hydrogens is 416 g/mol. The van der Waals surface area contributed by atoms with Gasteiger partial charge in [0.1, 0.15) is 11.6 Å². The van der Waals surface area contributed by atoms with Crippen molar-refractivity contribution < 1.29 is 27.1 Å². The van der Waals surface area contributed by atoms with E-state index in [1.807, 2.05) is 0 Å². The van der Waals surface area contributed by atoms with Crippen molar-refractivity contribution >= 4 is 5.91 Å². The molecule has 0 bridgehead atoms. The monoisotopic (exact) mass is 432 g/mol. The van der Waals surface area contributed by atoms with Crippen molar-refractivity contribution in [3.05, 3.63) is 59.2 Å². The molecule has 3 heterocycles. The molecular formula is C21H16F4N4O2. The number of fused-ring (bicyclic) bond motifs is 1. The van der Waals surface area contributed by atoms with E-state index in [9.17, 15) is 22.4 Å². The highest BCUT2D eigenvalue weighted by Crippen LogP contribution is 2.37. The molecule has 0 spiro atoms. The van der Waals surface area contributed by atoms with Crippen molar-refractivity contribution in [2.24, 2.45) is 5.92 Å². The number of rotatable bonds is 5. The minimum atomic E-state index is -1.15. The van der Waals surface area contributed by atoms with Gasteiger partial charge in [0, 0.05) is 24.2 Å². The lowest BCUT2D eigenvalue weighted by atomic mass is 10.1. The van der Waals surface area contributed by atoms with Gasteiger partial charge in [0.2, 0.25) is 5.82 Å². The van der Waals surface area contributed by atoms with Crippen molar-refractivity contribution in [1.82, 2.24) is 19.4 Å². The van der Waals surface area contributed by atoms with Crippen molar-refractivity contribution in [2.75, 3.05) is 6.54 Å². The summed E-state index contributed by atoms with van der Waals surface area (Å²) in [7, 11) is 0. The van der Waals surface area contributed by atoms with Gasteiger partial charge in [-0.1, -0.05) is 0 Å². The topological polar surface area (TPSA) is 60.2 Å². The molecule has 0 radical (unpaired) electrons. The van der Waals surface area contributed by atoms with Crippen LogP contribution < -0.4 is 4.74 Å². The van der Waals surface area contributed by atoms with E-state index in [0.717, 1.165) is 25.0 Å². The van der Waals surface area contributed by atoms with Gasteiger partial charge in [-0.3, -0.25) is 4.79 Å². The average Bonchev–Trinajstić information content (AvgIpc) is 3.41. The summed E-state index contributed by atoms with van der Waals surface area (Å²) in [6.45, 7) is 2.43. The standard InChI is InChI=1S/C21H16F4N4O2/c1-10-18(29-9-28(8-11-2-3-11)21(30)19(29)27-10)13-5-15(24)17(6-14(13)23)31-20-16(25)4-12(22)7-26-20/h4-7,11H,2-3,8-9H2,1H3. The first-order valence-corrected chi connectivity index (χ1v) is 9.66.